The zero-order chi connectivity index (χ0) is 19.7. The Balaban J connectivity index is 1.78. The van der Waals surface area contributed by atoms with Crippen LogP contribution in [0.3, 0.4) is 0 Å². The van der Waals surface area contributed by atoms with Gasteiger partial charge in [0, 0.05) is 28.9 Å². The topological polar surface area (TPSA) is 60.7 Å². The van der Waals surface area contributed by atoms with Gasteiger partial charge in [0.2, 0.25) is 0 Å². The van der Waals surface area contributed by atoms with Crippen molar-refractivity contribution >= 4 is 11.5 Å². The molecule has 4 rings (SSSR count). The molecule has 0 amide bonds. The number of aromatic nitrogens is 3. The fourth-order valence-corrected chi connectivity index (χ4v) is 4.06. The minimum Gasteiger partial charge on any atom is -0.493 e. The van der Waals surface area contributed by atoms with Gasteiger partial charge in [0.15, 0.2) is 17.1 Å². The summed E-state index contributed by atoms with van der Waals surface area (Å²) in [5.74, 6) is 2.42. The number of nitrogens with one attached hydrogen (secondary N) is 1. The fraction of sp³-hybridized carbons (Fsp3) is 0.455. The molecule has 6 heteroatoms. The Morgan fingerprint density at radius 1 is 1.00 bits per heavy atom. The molecule has 0 aliphatic heterocycles. The fourth-order valence-electron chi connectivity index (χ4n) is 4.06. The number of benzene rings is 1. The van der Waals surface area contributed by atoms with Crippen molar-refractivity contribution in [1.29, 1.82) is 0 Å². The van der Waals surface area contributed by atoms with Gasteiger partial charge in [-0.2, -0.15) is 9.61 Å². The summed E-state index contributed by atoms with van der Waals surface area (Å²) in [7, 11) is 3.29. The molecule has 0 saturated heterocycles. The molecule has 3 aromatic rings. The van der Waals surface area contributed by atoms with Crippen molar-refractivity contribution in [2.45, 2.75) is 52.0 Å². The molecule has 1 aliphatic rings. The molecule has 148 valence electrons. The summed E-state index contributed by atoms with van der Waals surface area (Å²) in [5.41, 5.74) is 4.84. The van der Waals surface area contributed by atoms with E-state index in [9.17, 15) is 0 Å². The Morgan fingerprint density at radius 2 is 1.75 bits per heavy atom. The van der Waals surface area contributed by atoms with Crippen LogP contribution in [-0.4, -0.2) is 34.9 Å². The lowest BCUT2D eigenvalue weighted by Crippen LogP contribution is -2.24. The van der Waals surface area contributed by atoms with E-state index in [-0.39, 0.29) is 0 Å². The van der Waals surface area contributed by atoms with Crippen LogP contribution in [0.1, 0.15) is 43.4 Å². The lowest BCUT2D eigenvalue weighted by molar-refractivity contribution is 0.355. The summed E-state index contributed by atoms with van der Waals surface area (Å²) in [6.07, 6.45) is 6.35. The van der Waals surface area contributed by atoms with Gasteiger partial charge in [-0.05, 0) is 44.9 Å². The van der Waals surface area contributed by atoms with Gasteiger partial charge in [-0.25, -0.2) is 4.98 Å². The third-order valence-electron chi connectivity index (χ3n) is 5.56. The third-order valence-corrected chi connectivity index (χ3v) is 5.56. The molecule has 0 spiro atoms. The number of hydrogen-bond donors (Lipinski definition) is 1. The van der Waals surface area contributed by atoms with Crippen molar-refractivity contribution in [3.05, 3.63) is 35.5 Å². The molecule has 2 heterocycles. The van der Waals surface area contributed by atoms with E-state index in [4.69, 9.17) is 19.6 Å². The summed E-state index contributed by atoms with van der Waals surface area (Å²) >= 11 is 0. The highest BCUT2D eigenvalue weighted by atomic mass is 16.5. The van der Waals surface area contributed by atoms with Gasteiger partial charge < -0.3 is 14.8 Å². The SMILES string of the molecule is COc1ccc(-c2nn3c(NC4CCCCC4)cc(C)nc3c2C)cc1OC. The molecule has 6 nitrogen and oxygen atoms in total. The molecule has 2 aromatic heterocycles. The molecule has 0 unspecified atom stereocenters. The Hall–Kier alpha value is -2.76. The second-order valence-corrected chi connectivity index (χ2v) is 7.54. The summed E-state index contributed by atoms with van der Waals surface area (Å²) in [4.78, 5) is 4.76. The molecule has 28 heavy (non-hydrogen) atoms. The first-order chi connectivity index (χ1) is 13.6. The van der Waals surface area contributed by atoms with Crippen LogP contribution in [0.25, 0.3) is 16.9 Å². The van der Waals surface area contributed by atoms with Gasteiger partial charge in [0.25, 0.3) is 0 Å². The maximum atomic E-state index is 5.47. The Morgan fingerprint density at radius 3 is 2.46 bits per heavy atom. The molecule has 0 bridgehead atoms. The van der Waals surface area contributed by atoms with Gasteiger partial charge in [0.1, 0.15) is 5.82 Å². The van der Waals surface area contributed by atoms with Gasteiger partial charge in [-0.3, -0.25) is 0 Å². The smallest absolute Gasteiger partial charge is 0.161 e. The van der Waals surface area contributed by atoms with Crippen molar-refractivity contribution in [2.75, 3.05) is 19.5 Å². The Kier molecular flexibility index (Phi) is 5.11. The lowest BCUT2D eigenvalue weighted by Gasteiger charge is -2.24. The van der Waals surface area contributed by atoms with Crippen molar-refractivity contribution in [3.63, 3.8) is 0 Å². The molecular formula is C22H28N4O2. The van der Waals surface area contributed by atoms with Crippen molar-refractivity contribution in [2.24, 2.45) is 0 Å². The van der Waals surface area contributed by atoms with E-state index in [2.05, 4.69) is 18.3 Å². The van der Waals surface area contributed by atoms with Crippen LogP contribution in [0.4, 0.5) is 5.82 Å². The first-order valence-electron chi connectivity index (χ1n) is 9.96. The summed E-state index contributed by atoms with van der Waals surface area (Å²) in [6, 6.07) is 8.49. The minimum absolute atomic E-state index is 0.507. The van der Waals surface area contributed by atoms with Crippen LogP contribution in [0, 0.1) is 13.8 Å². The van der Waals surface area contributed by atoms with Gasteiger partial charge in [0.05, 0.1) is 19.9 Å². The number of rotatable bonds is 5. The van der Waals surface area contributed by atoms with Crippen molar-refractivity contribution < 1.29 is 9.47 Å². The molecule has 1 saturated carbocycles. The van der Waals surface area contributed by atoms with Crippen LogP contribution in [-0.2, 0) is 0 Å². The van der Waals surface area contributed by atoms with Crippen LogP contribution in [0.2, 0.25) is 0 Å². The quantitative estimate of drug-likeness (QED) is 0.690. The molecule has 1 aliphatic carbocycles. The highest BCUT2D eigenvalue weighted by Gasteiger charge is 2.19. The van der Waals surface area contributed by atoms with E-state index in [1.165, 1.54) is 32.1 Å². The number of aryl methyl sites for hydroxylation is 2. The summed E-state index contributed by atoms with van der Waals surface area (Å²) < 4.78 is 12.8. The third kappa shape index (κ3) is 3.39. The van der Waals surface area contributed by atoms with Gasteiger partial charge in [-0.15, -0.1) is 0 Å². The van der Waals surface area contributed by atoms with Crippen molar-refractivity contribution in [1.82, 2.24) is 14.6 Å². The first kappa shape index (κ1) is 18.6. The van der Waals surface area contributed by atoms with Crippen LogP contribution in [0.15, 0.2) is 24.3 Å². The zero-order valence-corrected chi connectivity index (χ0v) is 17.1. The van der Waals surface area contributed by atoms with Crippen molar-refractivity contribution in [3.8, 4) is 22.8 Å². The monoisotopic (exact) mass is 380 g/mol. The predicted octanol–water partition coefficient (Wildman–Crippen LogP) is 4.77. The van der Waals surface area contributed by atoms with Gasteiger partial charge in [-0.1, -0.05) is 19.3 Å². The zero-order valence-electron chi connectivity index (χ0n) is 17.1. The van der Waals surface area contributed by atoms with E-state index in [1.807, 2.05) is 29.6 Å². The normalized spacial score (nSPS) is 15.0. The standard InChI is InChI=1S/C22H28N4O2/c1-14-12-20(24-17-8-6-5-7-9-17)26-22(23-14)15(2)21(25-26)16-10-11-18(27-3)19(13-16)28-4/h10-13,17,24H,5-9H2,1-4H3. The highest BCUT2D eigenvalue weighted by molar-refractivity contribution is 5.73. The summed E-state index contributed by atoms with van der Waals surface area (Å²) in [6.45, 7) is 4.11. The van der Waals surface area contributed by atoms with Crippen LogP contribution >= 0.6 is 0 Å². The number of hydrogen-bond acceptors (Lipinski definition) is 5. The van der Waals surface area contributed by atoms with E-state index in [0.29, 0.717) is 17.5 Å². The average molecular weight is 380 g/mol. The largest absolute Gasteiger partial charge is 0.493 e. The van der Waals surface area contributed by atoms with Gasteiger partial charge >= 0.3 is 0 Å². The van der Waals surface area contributed by atoms with Crippen LogP contribution in [0.5, 0.6) is 11.5 Å². The number of ether oxygens (including phenoxy) is 2. The first-order valence-corrected chi connectivity index (χ1v) is 9.96. The molecule has 0 radical (unpaired) electrons. The Labute approximate surface area is 165 Å². The highest BCUT2D eigenvalue weighted by Crippen LogP contribution is 2.34. The number of fused-ring (bicyclic) bond motifs is 1. The van der Waals surface area contributed by atoms with E-state index in [0.717, 1.165) is 34.0 Å². The Bertz CT molecular complexity index is 990. The lowest BCUT2D eigenvalue weighted by atomic mass is 9.95. The maximum Gasteiger partial charge on any atom is 0.161 e. The predicted molar refractivity (Wildman–Crippen MR) is 111 cm³/mol. The molecular weight excluding hydrogens is 352 g/mol. The number of methoxy groups -OCH3 is 2. The molecule has 0 atom stereocenters. The second kappa shape index (κ2) is 7.70. The summed E-state index contributed by atoms with van der Waals surface area (Å²) in [5, 5.41) is 8.63. The minimum atomic E-state index is 0.507. The second-order valence-electron chi connectivity index (χ2n) is 7.54. The molecule has 1 N–H and O–H groups in total. The number of anilines is 1. The van der Waals surface area contributed by atoms with E-state index >= 15 is 0 Å². The molecule has 1 fully saturated rings. The van der Waals surface area contributed by atoms with Crippen LogP contribution < -0.4 is 14.8 Å². The van der Waals surface area contributed by atoms with E-state index in [1.54, 1.807) is 14.2 Å². The average Bonchev–Trinajstić information content (AvgIpc) is 3.05. The molecule has 1 aromatic carbocycles. The van der Waals surface area contributed by atoms with E-state index < -0.39 is 0 Å². The number of nitrogens with zero attached hydrogens (tertiary/aromatic N) is 3. The maximum absolute atomic E-state index is 5.47.